The molecular formula is C24H26N2O2S. The molecule has 0 saturated heterocycles. The molecule has 150 valence electrons. The third-order valence-electron chi connectivity index (χ3n) is 5.80. The maximum Gasteiger partial charge on any atom is 0.277 e. The van der Waals surface area contributed by atoms with Gasteiger partial charge in [0.2, 0.25) is 5.89 Å². The van der Waals surface area contributed by atoms with Crippen LogP contribution < -0.4 is 0 Å². The average molecular weight is 407 g/mol. The zero-order chi connectivity index (χ0) is 20.2. The number of ketones is 1. The van der Waals surface area contributed by atoms with E-state index in [1.54, 1.807) is 0 Å². The van der Waals surface area contributed by atoms with Gasteiger partial charge in [-0.3, -0.25) is 4.79 Å². The molecule has 0 N–H and O–H groups in total. The molecule has 4 rings (SSSR count). The predicted octanol–water partition coefficient (Wildman–Crippen LogP) is 6.38. The van der Waals surface area contributed by atoms with Gasteiger partial charge in [0.15, 0.2) is 5.78 Å². The molecule has 0 bridgehead atoms. The molecule has 1 saturated carbocycles. The van der Waals surface area contributed by atoms with Crippen LogP contribution in [0.3, 0.4) is 0 Å². The van der Waals surface area contributed by atoms with Crippen molar-refractivity contribution in [2.75, 3.05) is 5.75 Å². The van der Waals surface area contributed by atoms with E-state index >= 15 is 0 Å². The fourth-order valence-electron chi connectivity index (χ4n) is 3.85. The van der Waals surface area contributed by atoms with Gasteiger partial charge in [0.05, 0.1) is 5.75 Å². The third kappa shape index (κ3) is 4.78. The summed E-state index contributed by atoms with van der Waals surface area (Å²) in [5, 5.41) is 8.62. The van der Waals surface area contributed by atoms with Crippen molar-refractivity contribution in [2.24, 2.45) is 0 Å². The van der Waals surface area contributed by atoms with E-state index in [0.29, 0.717) is 17.0 Å². The molecule has 0 amide bonds. The summed E-state index contributed by atoms with van der Waals surface area (Å²) < 4.78 is 5.74. The zero-order valence-electron chi connectivity index (χ0n) is 17.0. The number of carbonyl (C=O) groups is 1. The van der Waals surface area contributed by atoms with Gasteiger partial charge in [-0.05, 0) is 61.4 Å². The van der Waals surface area contributed by atoms with Crippen molar-refractivity contribution < 1.29 is 9.21 Å². The van der Waals surface area contributed by atoms with Crippen LogP contribution in [0.1, 0.15) is 65.1 Å². The van der Waals surface area contributed by atoms with Crippen LogP contribution in [0.4, 0.5) is 0 Å². The molecule has 1 aliphatic rings. The van der Waals surface area contributed by atoms with E-state index in [4.69, 9.17) is 4.42 Å². The van der Waals surface area contributed by atoms with E-state index in [1.165, 1.54) is 60.6 Å². The van der Waals surface area contributed by atoms with Crippen molar-refractivity contribution in [1.82, 2.24) is 10.2 Å². The molecule has 0 aliphatic heterocycles. The van der Waals surface area contributed by atoms with Gasteiger partial charge in [0, 0.05) is 11.1 Å². The zero-order valence-corrected chi connectivity index (χ0v) is 17.8. The second kappa shape index (κ2) is 8.95. The monoisotopic (exact) mass is 406 g/mol. The fourth-order valence-corrected chi connectivity index (χ4v) is 4.50. The first kappa shape index (κ1) is 19.9. The number of carbonyl (C=O) groups excluding carboxylic acids is 1. The van der Waals surface area contributed by atoms with Crippen molar-refractivity contribution in [1.29, 1.82) is 0 Å². The van der Waals surface area contributed by atoms with Gasteiger partial charge in [-0.1, -0.05) is 61.4 Å². The van der Waals surface area contributed by atoms with Crippen LogP contribution >= 0.6 is 11.8 Å². The molecule has 1 fully saturated rings. The van der Waals surface area contributed by atoms with Crippen LogP contribution in [0, 0.1) is 13.8 Å². The standard InChI is InChI=1S/C24H26N2O2S/c1-16-8-9-21(14-17(16)2)23-25-26-24(28-23)29-15-22(27)20-12-10-19(11-13-20)18-6-4-3-5-7-18/h8-14,18H,3-7,15H2,1-2H3. The Labute approximate surface area is 176 Å². The molecule has 0 radical (unpaired) electrons. The summed E-state index contributed by atoms with van der Waals surface area (Å²) in [4.78, 5) is 12.6. The molecule has 4 nitrogen and oxygen atoms in total. The second-order valence-corrected chi connectivity index (χ2v) is 8.77. The number of hydrogen-bond acceptors (Lipinski definition) is 5. The van der Waals surface area contributed by atoms with E-state index < -0.39 is 0 Å². The largest absolute Gasteiger partial charge is 0.411 e. The van der Waals surface area contributed by atoms with E-state index in [-0.39, 0.29) is 11.5 Å². The topological polar surface area (TPSA) is 56.0 Å². The Morgan fingerprint density at radius 1 is 1.00 bits per heavy atom. The van der Waals surface area contributed by atoms with Crippen molar-refractivity contribution in [2.45, 2.75) is 57.1 Å². The van der Waals surface area contributed by atoms with E-state index in [2.05, 4.69) is 36.2 Å². The minimum Gasteiger partial charge on any atom is -0.411 e. The van der Waals surface area contributed by atoms with E-state index in [9.17, 15) is 4.79 Å². The number of Topliss-reactive ketones (excluding diaryl/α,β-unsaturated/α-hetero) is 1. The summed E-state index contributed by atoms with van der Waals surface area (Å²) in [6, 6.07) is 14.2. The number of thioether (sulfide) groups is 1. The molecule has 1 heterocycles. The van der Waals surface area contributed by atoms with Crippen molar-refractivity contribution in [3.8, 4) is 11.5 Å². The molecule has 0 unspecified atom stereocenters. The van der Waals surface area contributed by atoms with E-state index in [0.717, 1.165) is 11.1 Å². The molecular weight excluding hydrogens is 380 g/mol. The lowest BCUT2D eigenvalue weighted by molar-refractivity contribution is 0.102. The van der Waals surface area contributed by atoms with Crippen LogP contribution in [-0.2, 0) is 0 Å². The number of nitrogens with zero attached hydrogens (tertiary/aromatic N) is 2. The highest BCUT2D eigenvalue weighted by molar-refractivity contribution is 7.99. The molecule has 0 atom stereocenters. The molecule has 2 aromatic carbocycles. The highest BCUT2D eigenvalue weighted by Crippen LogP contribution is 2.32. The second-order valence-electron chi connectivity index (χ2n) is 7.84. The fraction of sp³-hybridized carbons (Fsp3) is 0.375. The Kier molecular flexibility index (Phi) is 6.14. The first-order valence-corrected chi connectivity index (χ1v) is 11.3. The molecule has 3 aromatic rings. The predicted molar refractivity (Wildman–Crippen MR) is 117 cm³/mol. The first-order chi connectivity index (χ1) is 14.1. The van der Waals surface area contributed by atoms with Crippen molar-refractivity contribution in [3.63, 3.8) is 0 Å². The number of benzene rings is 2. The Bertz CT molecular complexity index is 988. The maximum absolute atomic E-state index is 12.6. The Hall–Kier alpha value is -2.40. The summed E-state index contributed by atoms with van der Waals surface area (Å²) in [6.45, 7) is 4.13. The smallest absolute Gasteiger partial charge is 0.277 e. The summed E-state index contributed by atoms with van der Waals surface area (Å²) in [5.41, 5.74) is 5.41. The number of aromatic nitrogens is 2. The Balaban J connectivity index is 1.36. The third-order valence-corrected chi connectivity index (χ3v) is 6.61. The molecule has 29 heavy (non-hydrogen) atoms. The molecule has 5 heteroatoms. The number of hydrogen-bond donors (Lipinski definition) is 0. The summed E-state index contributed by atoms with van der Waals surface area (Å²) in [6.07, 6.45) is 6.52. The van der Waals surface area contributed by atoms with Crippen molar-refractivity contribution >= 4 is 17.5 Å². The minimum atomic E-state index is 0.0797. The van der Waals surface area contributed by atoms with Crippen LogP contribution in [0.25, 0.3) is 11.5 Å². The molecule has 1 aromatic heterocycles. The van der Waals surface area contributed by atoms with Gasteiger partial charge >= 0.3 is 0 Å². The van der Waals surface area contributed by atoms with E-state index in [1.807, 2.05) is 30.3 Å². The highest BCUT2D eigenvalue weighted by Gasteiger charge is 2.17. The van der Waals surface area contributed by atoms with Crippen molar-refractivity contribution in [3.05, 3.63) is 64.7 Å². The summed E-state index contributed by atoms with van der Waals surface area (Å²) in [7, 11) is 0. The number of aryl methyl sites for hydroxylation is 2. The lowest BCUT2D eigenvalue weighted by atomic mass is 9.84. The van der Waals surface area contributed by atoms with Crippen LogP contribution in [0.5, 0.6) is 0 Å². The lowest BCUT2D eigenvalue weighted by Gasteiger charge is -2.22. The summed E-state index contributed by atoms with van der Waals surface area (Å²) >= 11 is 1.29. The van der Waals surface area contributed by atoms with Crippen LogP contribution in [0.15, 0.2) is 52.1 Å². The first-order valence-electron chi connectivity index (χ1n) is 10.3. The highest BCUT2D eigenvalue weighted by atomic mass is 32.2. The SMILES string of the molecule is Cc1ccc(-c2nnc(SCC(=O)c3ccc(C4CCCCC4)cc3)o2)cc1C. The van der Waals surface area contributed by atoms with Gasteiger partial charge in [-0.2, -0.15) is 0 Å². The average Bonchev–Trinajstić information content (AvgIpc) is 3.24. The van der Waals surface area contributed by atoms with Gasteiger partial charge in [0.25, 0.3) is 5.22 Å². The van der Waals surface area contributed by atoms with Gasteiger partial charge < -0.3 is 4.42 Å². The van der Waals surface area contributed by atoms with Crippen LogP contribution in [-0.4, -0.2) is 21.7 Å². The molecule has 1 aliphatic carbocycles. The normalized spacial score (nSPS) is 14.8. The Morgan fingerprint density at radius 2 is 1.76 bits per heavy atom. The summed E-state index contributed by atoms with van der Waals surface area (Å²) in [5.74, 6) is 1.51. The Morgan fingerprint density at radius 3 is 2.48 bits per heavy atom. The van der Waals surface area contributed by atoms with Gasteiger partial charge in [-0.25, -0.2) is 0 Å². The quantitative estimate of drug-likeness (QED) is 0.351. The van der Waals surface area contributed by atoms with Gasteiger partial charge in [0.1, 0.15) is 0 Å². The van der Waals surface area contributed by atoms with Gasteiger partial charge in [-0.15, -0.1) is 10.2 Å². The molecule has 0 spiro atoms. The lowest BCUT2D eigenvalue weighted by Crippen LogP contribution is -2.06. The maximum atomic E-state index is 12.6. The number of rotatable bonds is 6. The van der Waals surface area contributed by atoms with Crippen LogP contribution in [0.2, 0.25) is 0 Å². The minimum absolute atomic E-state index is 0.0797.